The van der Waals surface area contributed by atoms with Crippen molar-refractivity contribution in [2.24, 2.45) is 0 Å². The van der Waals surface area contributed by atoms with Gasteiger partial charge in [-0.1, -0.05) is 31.2 Å². The van der Waals surface area contributed by atoms with Crippen LogP contribution in [0.1, 0.15) is 29.9 Å². The molecule has 7 nitrogen and oxygen atoms in total. The van der Waals surface area contributed by atoms with Crippen LogP contribution in [0.15, 0.2) is 29.6 Å². The molecule has 0 aliphatic carbocycles. The number of nitrogens with zero attached hydrogens (tertiary/aromatic N) is 2. The topological polar surface area (TPSA) is 88.6 Å². The smallest absolute Gasteiger partial charge is 0.358 e. The zero-order valence-corrected chi connectivity index (χ0v) is 15.3. The van der Waals surface area contributed by atoms with Gasteiger partial charge in [0.25, 0.3) is 5.91 Å². The molecular weight excluding hydrogens is 354 g/mol. The highest BCUT2D eigenvalue weighted by atomic mass is 32.1. The van der Waals surface area contributed by atoms with Crippen LogP contribution in [0.2, 0.25) is 0 Å². The lowest BCUT2D eigenvalue weighted by atomic mass is 10.1. The van der Waals surface area contributed by atoms with E-state index >= 15 is 0 Å². The summed E-state index contributed by atoms with van der Waals surface area (Å²) < 4.78 is 5.18. The molecule has 1 aliphatic heterocycles. The number of carbonyl (C=O) groups is 3. The lowest BCUT2D eigenvalue weighted by Crippen LogP contribution is -2.41. The van der Waals surface area contributed by atoms with E-state index in [0.29, 0.717) is 11.6 Å². The Bertz CT molecular complexity index is 831. The average molecular weight is 373 g/mol. The molecule has 1 aromatic carbocycles. The van der Waals surface area contributed by atoms with Crippen molar-refractivity contribution >= 4 is 29.2 Å². The first-order valence-electron chi connectivity index (χ1n) is 8.34. The fourth-order valence-corrected chi connectivity index (χ4v) is 3.35. The summed E-state index contributed by atoms with van der Waals surface area (Å²) in [6.45, 7) is 4.20. The lowest BCUT2D eigenvalue weighted by Gasteiger charge is -2.17. The number of esters is 1. The van der Waals surface area contributed by atoms with Crippen molar-refractivity contribution in [3.63, 3.8) is 0 Å². The monoisotopic (exact) mass is 373 g/mol. The van der Waals surface area contributed by atoms with E-state index in [0.717, 1.165) is 16.9 Å². The quantitative estimate of drug-likeness (QED) is 0.814. The predicted molar refractivity (Wildman–Crippen MR) is 96.9 cm³/mol. The van der Waals surface area contributed by atoms with Gasteiger partial charge in [0.1, 0.15) is 5.01 Å². The largest absolute Gasteiger partial charge is 0.448 e. The Balaban J connectivity index is 1.65. The minimum Gasteiger partial charge on any atom is -0.448 e. The van der Waals surface area contributed by atoms with Crippen molar-refractivity contribution in [2.75, 3.05) is 13.1 Å². The molecule has 0 unspecified atom stereocenters. The van der Waals surface area contributed by atoms with Gasteiger partial charge in [-0.05, 0) is 18.9 Å². The first-order chi connectivity index (χ1) is 12.5. The number of nitrogens with one attached hydrogen (secondary N) is 1. The van der Waals surface area contributed by atoms with E-state index < -0.39 is 24.0 Å². The van der Waals surface area contributed by atoms with Crippen LogP contribution in [0.3, 0.4) is 0 Å². The third kappa shape index (κ3) is 3.75. The summed E-state index contributed by atoms with van der Waals surface area (Å²) in [4.78, 5) is 41.3. The van der Waals surface area contributed by atoms with Crippen molar-refractivity contribution in [3.8, 4) is 10.6 Å². The summed E-state index contributed by atoms with van der Waals surface area (Å²) in [5.41, 5.74) is 2.29. The van der Waals surface area contributed by atoms with Gasteiger partial charge in [-0.3, -0.25) is 9.69 Å². The summed E-state index contributed by atoms with van der Waals surface area (Å²) in [5, 5.41) is 4.84. The van der Waals surface area contributed by atoms with E-state index in [1.807, 2.05) is 24.3 Å². The first kappa shape index (κ1) is 18.1. The van der Waals surface area contributed by atoms with Crippen LogP contribution >= 0.6 is 11.3 Å². The molecule has 1 fully saturated rings. The second-order valence-corrected chi connectivity index (χ2v) is 6.72. The number of rotatable bonds is 5. The molecule has 3 amide bonds. The molecular formula is C18H19N3O4S. The highest BCUT2D eigenvalue weighted by Crippen LogP contribution is 2.24. The van der Waals surface area contributed by atoms with Gasteiger partial charge in [-0.15, -0.1) is 11.3 Å². The van der Waals surface area contributed by atoms with Crippen molar-refractivity contribution in [1.29, 1.82) is 0 Å². The van der Waals surface area contributed by atoms with Crippen LogP contribution in [0.4, 0.5) is 4.79 Å². The van der Waals surface area contributed by atoms with Crippen LogP contribution in [0.5, 0.6) is 0 Å². The zero-order valence-electron chi connectivity index (χ0n) is 14.5. The summed E-state index contributed by atoms with van der Waals surface area (Å²) >= 11 is 1.33. The number of urea groups is 1. The zero-order chi connectivity index (χ0) is 18.7. The average Bonchev–Trinajstić information content (AvgIpc) is 3.30. The maximum atomic E-state index is 12.3. The predicted octanol–water partition coefficient (Wildman–Crippen LogP) is 2.47. The Morgan fingerprint density at radius 1 is 1.35 bits per heavy atom. The Kier molecular flexibility index (Phi) is 5.32. The second-order valence-electron chi connectivity index (χ2n) is 5.86. The van der Waals surface area contributed by atoms with E-state index in [9.17, 15) is 14.4 Å². The maximum Gasteiger partial charge on any atom is 0.358 e. The molecule has 0 saturated carbocycles. The van der Waals surface area contributed by atoms with E-state index in [4.69, 9.17) is 4.74 Å². The third-order valence-corrected chi connectivity index (χ3v) is 4.97. The molecule has 8 heteroatoms. The summed E-state index contributed by atoms with van der Waals surface area (Å²) in [7, 11) is 0. The highest BCUT2D eigenvalue weighted by Gasteiger charge is 2.32. The lowest BCUT2D eigenvalue weighted by molar-refractivity contribution is -0.136. The molecule has 0 bridgehead atoms. The molecule has 1 N–H and O–H groups in total. The number of benzene rings is 1. The Labute approximate surface area is 155 Å². The summed E-state index contributed by atoms with van der Waals surface area (Å²) in [6.07, 6.45) is -0.100. The van der Waals surface area contributed by atoms with E-state index in [1.54, 1.807) is 5.38 Å². The van der Waals surface area contributed by atoms with Crippen molar-refractivity contribution in [2.45, 2.75) is 26.4 Å². The van der Waals surface area contributed by atoms with Crippen molar-refractivity contribution in [3.05, 3.63) is 40.9 Å². The number of ether oxygens (including phenoxy) is 1. The number of carbonyl (C=O) groups excluding carboxylic acids is 3. The summed E-state index contributed by atoms with van der Waals surface area (Å²) in [6, 6.07) is 7.51. The number of imide groups is 1. The molecule has 2 heterocycles. The van der Waals surface area contributed by atoms with Gasteiger partial charge in [0.15, 0.2) is 11.8 Å². The number of aryl methyl sites for hydroxylation is 1. The molecule has 3 rings (SSSR count). The molecule has 136 valence electrons. The van der Waals surface area contributed by atoms with Gasteiger partial charge in [0.05, 0.1) is 0 Å². The van der Waals surface area contributed by atoms with E-state index in [1.165, 1.54) is 23.8 Å². The first-order valence-corrected chi connectivity index (χ1v) is 9.22. The number of aromatic nitrogens is 1. The normalized spacial score (nSPS) is 14.8. The maximum absolute atomic E-state index is 12.3. The number of thiazole rings is 1. The minimum absolute atomic E-state index is 0.148. The fourth-order valence-electron chi connectivity index (χ4n) is 2.56. The minimum atomic E-state index is -1.06. The molecule has 1 saturated heterocycles. The molecule has 2 aromatic rings. The SMILES string of the molecule is CCc1ccc(-c2nc(C(=O)O[C@@H](C)C(=O)N3CCNC3=O)cs2)cc1. The van der Waals surface area contributed by atoms with Gasteiger partial charge in [-0.25, -0.2) is 14.6 Å². The Hall–Kier alpha value is -2.74. The number of hydrogen-bond acceptors (Lipinski definition) is 6. The van der Waals surface area contributed by atoms with Crippen LogP contribution in [0.25, 0.3) is 10.6 Å². The van der Waals surface area contributed by atoms with Gasteiger partial charge in [0, 0.05) is 24.0 Å². The van der Waals surface area contributed by atoms with Gasteiger partial charge in [0.2, 0.25) is 0 Å². The van der Waals surface area contributed by atoms with Crippen LogP contribution in [-0.4, -0.2) is 47.0 Å². The Morgan fingerprint density at radius 2 is 2.08 bits per heavy atom. The van der Waals surface area contributed by atoms with E-state index in [2.05, 4.69) is 17.2 Å². The van der Waals surface area contributed by atoms with Crippen molar-refractivity contribution < 1.29 is 19.1 Å². The number of hydrogen-bond donors (Lipinski definition) is 1. The third-order valence-electron chi connectivity index (χ3n) is 4.08. The molecule has 0 spiro atoms. The van der Waals surface area contributed by atoms with Crippen molar-refractivity contribution in [1.82, 2.24) is 15.2 Å². The number of amides is 3. The summed E-state index contributed by atoms with van der Waals surface area (Å²) in [5.74, 6) is -1.22. The Morgan fingerprint density at radius 3 is 2.69 bits per heavy atom. The fraction of sp³-hybridized carbons (Fsp3) is 0.333. The van der Waals surface area contributed by atoms with Crippen LogP contribution in [-0.2, 0) is 16.0 Å². The van der Waals surface area contributed by atoms with Crippen LogP contribution in [0, 0.1) is 0 Å². The standard InChI is InChI=1S/C18H19N3O4S/c1-3-12-4-6-13(7-5-12)15-20-14(10-26-15)17(23)25-11(2)16(22)21-9-8-19-18(21)24/h4-7,10-11H,3,8-9H2,1-2H3,(H,19,24)/t11-/m0/s1. The molecule has 26 heavy (non-hydrogen) atoms. The molecule has 1 aromatic heterocycles. The second kappa shape index (κ2) is 7.65. The van der Waals surface area contributed by atoms with Gasteiger partial charge in [-0.2, -0.15) is 0 Å². The van der Waals surface area contributed by atoms with E-state index in [-0.39, 0.29) is 12.2 Å². The molecule has 0 radical (unpaired) electrons. The highest BCUT2D eigenvalue weighted by molar-refractivity contribution is 7.13. The van der Waals surface area contributed by atoms with Gasteiger partial charge >= 0.3 is 12.0 Å². The van der Waals surface area contributed by atoms with Crippen LogP contribution < -0.4 is 5.32 Å². The molecule has 1 aliphatic rings. The molecule has 1 atom stereocenters. The van der Waals surface area contributed by atoms with Gasteiger partial charge < -0.3 is 10.1 Å².